The number of aryl methyl sites for hydroxylation is 1. The number of carbonyl (C=O) groups excluding carboxylic acids is 2. The third kappa shape index (κ3) is 2.49. The third-order valence-electron chi connectivity index (χ3n) is 2.90. The molecule has 1 aliphatic heterocycles. The van der Waals surface area contributed by atoms with Gasteiger partial charge in [0.15, 0.2) is 5.82 Å². The van der Waals surface area contributed by atoms with E-state index in [-0.39, 0.29) is 12.5 Å². The van der Waals surface area contributed by atoms with E-state index in [4.69, 9.17) is 0 Å². The van der Waals surface area contributed by atoms with Crippen LogP contribution in [0.4, 0.5) is 10.6 Å². The molecule has 7 heteroatoms. The summed E-state index contributed by atoms with van der Waals surface area (Å²) >= 11 is 0. The summed E-state index contributed by atoms with van der Waals surface area (Å²) < 4.78 is 0. The molecule has 3 amide bonds. The minimum atomic E-state index is -0.868. The van der Waals surface area contributed by atoms with Crippen LogP contribution in [0, 0.1) is 6.92 Å². The van der Waals surface area contributed by atoms with Gasteiger partial charge in [0.1, 0.15) is 11.4 Å². The smallest absolute Gasteiger partial charge is 0.325 e. The van der Waals surface area contributed by atoms with Crippen LogP contribution in [0.3, 0.4) is 0 Å². The molecular formula is C12H17N5O2. The van der Waals surface area contributed by atoms with Gasteiger partial charge in [-0.05, 0) is 20.8 Å². The highest BCUT2D eigenvalue weighted by atomic mass is 16.2. The Labute approximate surface area is 111 Å². The molecule has 1 aromatic rings. The maximum atomic E-state index is 12.1. The molecule has 0 spiro atoms. The summed E-state index contributed by atoms with van der Waals surface area (Å²) in [6.07, 6.45) is 0. The van der Waals surface area contributed by atoms with Gasteiger partial charge in [0.05, 0.1) is 6.54 Å². The third-order valence-corrected chi connectivity index (χ3v) is 2.90. The van der Waals surface area contributed by atoms with E-state index < -0.39 is 11.6 Å². The number of carbonyl (C=O) groups is 2. The lowest BCUT2D eigenvalue weighted by atomic mass is 10.1. The Hall–Kier alpha value is -2.18. The van der Waals surface area contributed by atoms with Crippen molar-refractivity contribution in [2.24, 2.45) is 0 Å². The molecule has 0 unspecified atom stereocenters. The summed E-state index contributed by atoms with van der Waals surface area (Å²) in [7, 11) is 1.75. The van der Waals surface area contributed by atoms with E-state index in [1.165, 1.54) is 0 Å². The Balaban J connectivity index is 2.24. The average molecular weight is 263 g/mol. The Kier molecular flexibility index (Phi) is 3.13. The number of aromatic nitrogens is 2. The van der Waals surface area contributed by atoms with Crippen molar-refractivity contribution in [3.8, 4) is 0 Å². The van der Waals surface area contributed by atoms with Crippen LogP contribution in [0.25, 0.3) is 0 Å². The fourth-order valence-corrected chi connectivity index (χ4v) is 1.93. The van der Waals surface area contributed by atoms with Gasteiger partial charge >= 0.3 is 6.03 Å². The molecule has 7 nitrogen and oxygen atoms in total. The first kappa shape index (κ1) is 13.3. The van der Waals surface area contributed by atoms with Gasteiger partial charge in [0.25, 0.3) is 5.91 Å². The predicted molar refractivity (Wildman–Crippen MR) is 69.5 cm³/mol. The maximum absolute atomic E-state index is 12.1. The molecule has 0 aliphatic carbocycles. The van der Waals surface area contributed by atoms with Crippen molar-refractivity contribution >= 4 is 17.8 Å². The number of nitrogens with zero attached hydrogens (tertiary/aromatic N) is 3. The Morgan fingerprint density at radius 1 is 1.37 bits per heavy atom. The first-order valence-corrected chi connectivity index (χ1v) is 6.00. The number of nitrogens with one attached hydrogen (secondary N) is 2. The second kappa shape index (κ2) is 4.49. The number of amides is 3. The van der Waals surface area contributed by atoms with Crippen molar-refractivity contribution < 1.29 is 9.59 Å². The minimum Gasteiger partial charge on any atom is -0.373 e. The van der Waals surface area contributed by atoms with E-state index in [1.54, 1.807) is 27.0 Å². The van der Waals surface area contributed by atoms with Crippen LogP contribution in [-0.2, 0) is 11.3 Å². The summed E-state index contributed by atoms with van der Waals surface area (Å²) in [5.74, 6) is 0.827. The topological polar surface area (TPSA) is 87.2 Å². The summed E-state index contributed by atoms with van der Waals surface area (Å²) in [5, 5.41) is 5.54. The summed E-state index contributed by atoms with van der Waals surface area (Å²) in [5.41, 5.74) is -0.0899. The van der Waals surface area contributed by atoms with Crippen LogP contribution < -0.4 is 10.6 Å². The van der Waals surface area contributed by atoms with Crippen molar-refractivity contribution in [1.82, 2.24) is 20.2 Å². The Morgan fingerprint density at radius 2 is 2.05 bits per heavy atom. The zero-order valence-electron chi connectivity index (χ0n) is 11.4. The molecule has 0 atom stereocenters. The van der Waals surface area contributed by atoms with Crippen LogP contribution in [-0.4, -0.2) is 39.4 Å². The largest absolute Gasteiger partial charge is 0.373 e. The lowest BCUT2D eigenvalue weighted by Gasteiger charge is -2.15. The van der Waals surface area contributed by atoms with Gasteiger partial charge in [0, 0.05) is 18.8 Å². The second-order valence-corrected chi connectivity index (χ2v) is 5.01. The van der Waals surface area contributed by atoms with E-state index in [2.05, 4.69) is 20.6 Å². The zero-order valence-corrected chi connectivity index (χ0v) is 11.4. The molecule has 102 valence electrons. The summed E-state index contributed by atoms with van der Waals surface area (Å²) in [4.78, 5) is 33.4. The highest BCUT2D eigenvalue weighted by molar-refractivity contribution is 6.06. The molecule has 0 bridgehead atoms. The lowest BCUT2D eigenvalue weighted by molar-refractivity contribution is -0.130. The monoisotopic (exact) mass is 263 g/mol. The normalized spacial score (nSPS) is 17.6. The quantitative estimate of drug-likeness (QED) is 0.782. The molecule has 19 heavy (non-hydrogen) atoms. The molecule has 2 rings (SSSR count). The number of anilines is 1. The van der Waals surface area contributed by atoms with E-state index >= 15 is 0 Å². The van der Waals surface area contributed by atoms with Gasteiger partial charge in [0.2, 0.25) is 0 Å². The van der Waals surface area contributed by atoms with Crippen molar-refractivity contribution in [3.05, 3.63) is 17.6 Å². The van der Waals surface area contributed by atoms with E-state index in [0.717, 1.165) is 10.6 Å². The second-order valence-electron chi connectivity index (χ2n) is 5.01. The highest BCUT2D eigenvalue weighted by Crippen LogP contribution is 2.18. The first-order chi connectivity index (χ1) is 8.83. The minimum absolute atomic E-state index is 0.0739. The molecule has 1 aromatic heterocycles. The van der Waals surface area contributed by atoms with Gasteiger partial charge in [-0.15, -0.1) is 0 Å². The molecule has 2 heterocycles. The SMILES string of the molecule is CNc1cc(C)nc(CN2C(=O)NC(C)(C)C2=O)n1. The Morgan fingerprint density at radius 3 is 2.58 bits per heavy atom. The number of hydrogen-bond donors (Lipinski definition) is 2. The number of imide groups is 1. The number of rotatable bonds is 3. The zero-order chi connectivity index (χ0) is 14.2. The van der Waals surface area contributed by atoms with Crippen LogP contribution in [0.2, 0.25) is 0 Å². The molecule has 1 saturated heterocycles. The number of urea groups is 1. The van der Waals surface area contributed by atoms with E-state index in [0.29, 0.717) is 11.6 Å². The van der Waals surface area contributed by atoms with Crippen molar-refractivity contribution in [1.29, 1.82) is 0 Å². The van der Waals surface area contributed by atoms with Gasteiger partial charge in [-0.1, -0.05) is 0 Å². The molecule has 0 saturated carbocycles. The highest BCUT2D eigenvalue weighted by Gasteiger charge is 2.44. The van der Waals surface area contributed by atoms with Crippen LogP contribution in [0.1, 0.15) is 25.4 Å². The van der Waals surface area contributed by atoms with Gasteiger partial charge in [-0.3, -0.25) is 9.69 Å². The maximum Gasteiger partial charge on any atom is 0.325 e. The molecular weight excluding hydrogens is 246 g/mol. The average Bonchev–Trinajstić information content (AvgIpc) is 2.51. The molecule has 0 aromatic carbocycles. The van der Waals surface area contributed by atoms with E-state index in [1.807, 2.05) is 6.92 Å². The molecule has 2 N–H and O–H groups in total. The lowest BCUT2D eigenvalue weighted by Crippen LogP contribution is -2.40. The van der Waals surface area contributed by atoms with Gasteiger partial charge < -0.3 is 10.6 Å². The van der Waals surface area contributed by atoms with Crippen molar-refractivity contribution in [2.75, 3.05) is 12.4 Å². The standard InChI is InChI=1S/C12H17N5O2/c1-7-5-8(13-4)15-9(14-7)6-17-10(18)12(2,3)16-11(17)19/h5H,6H2,1-4H3,(H,16,19)(H,13,14,15). The molecule has 1 fully saturated rings. The van der Waals surface area contributed by atoms with Gasteiger partial charge in [-0.25, -0.2) is 14.8 Å². The first-order valence-electron chi connectivity index (χ1n) is 6.00. The molecule has 0 radical (unpaired) electrons. The molecule has 1 aliphatic rings. The van der Waals surface area contributed by atoms with Crippen molar-refractivity contribution in [3.63, 3.8) is 0 Å². The summed E-state index contributed by atoms with van der Waals surface area (Å²) in [6.45, 7) is 5.25. The van der Waals surface area contributed by atoms with E-state index in [9.17, 15) is 9.59 Å². The van der Waals surface area contributed by atoms with Gasteiger partial charge in [-0.2, -0.15) is 0 Å². The fraction of sp³-hybridized carbons (Fsp3) is 0.500. The number of hydrogen-bond acceptors (Lipinski definition) is 5. The summed E-state index contributed by atoms with van der Waals surface area (Å²) in [6, 6.07) is 1.38. The predicted octanol–water partition coefficient (Wildman–Crippen LogP) is 0.657. The van der Waals surface area contributed by atoms with Crippen LogP contribution in [0.15, 0.2) is 6.07 Å². The van der Waals surface area contributed by atoms with Crippen molar-refractivity contribution in [2.45, 2.75) is 32.9 Å². The Bertz CT molecular complexity index is 541. The fourth-order valence-electron chi connectivity index (χ4n) is 1.93. The van der Waals surface area contributed by atoms with Crippen LogP contribution >= 0.6 is 0 Å². The van der Waals surface area contributed by atoms with Crippen LogP contribution in [0.5, 0.6) is 0 Å².